The average molecular weight is 272 g/mol. The third-order valence-corrected chi connectivity index (χ3v) is 3.88. The van der Waals surface area contributed by atoms with Crippen LogP contribution in [0.15, 0.2) is 41.5 Å². The van der Waals surface area contributed by atoms with Crippen molar-refractivity contribution >= 4 is 22.9 Å². The van der Waals surface area contributed by atoms with Gasteiger partial charge in [-0.05, 0) is 36.8 Å². The number of esters is 1. The number of hydrogen-bond donors (Lipinski definition) is 0. The number of pyridine rings is 1. The van der Waals surface area contributed by atoms with E-state index in [1.807, 2.05) is 25.1 Å². The van der Waals surface area contributed by atoms with Gasteiger partial charge < -0.3 is 4.74 Å². The van der Waals surface area contributed by atoms with Crippen LogP contribution in [0.1, 0.15) is 10.6 Å². The number of aromatic nitrogens is 1. The van der Waals surface area contributed by atoms with Crippen LogP contribution in [0.4, 0.5) is 0 Å². The van der Waals surface area contributed by atoms with Crippen LogP contribution in [0.2, 0.25) is 0 Å². The monoisotopic (exact) mass is 272 g/mol. The summed E-state index contributed by atoms with van der Waals surface area (Å²) in [6.45, 7) is 1.91. The molecule has 19 heavy (non-hydrogen) atoms. The number of aryl methyl sites for hydroxylation is 1. The molecule has 5 nitrogen and oxygen atoms in total. The highest BCUT2D eigenvalue weighted by Crippen LogP contribution is 2.38. The van der Waals surface area contributed by atoms with Gasteiger partial charge in [0.25, 0.3) is 5.88 Å². The van der Waals surface area contributed by atoms with E-state index in [2.05, 4.69) is 14.9 Å². The molecule has 0 aromatic carbocycles. The lowest BCUT2D eigenvalue weighted by molar-refractivity contribution is -0.136. The Labute approximate surface area is 112 Å². The van der Waals surface area contributed by atoms with E-state index < -0.39 is 5.97 Å². The average Bonchev–Trinajstić information content (AvgIpc) is 2.84. The summed E-state index contributed by atoms with van der Waals surface area (Å²) in [5.41, 5.74) is 2.21. The van der Waals surface area contributed by atoms with E-state index in [0.717, 1.165) is 16.1 Å². The first kappa shape index (κ1) is 11.7. The zero-order valence-corrected chi connectivity index (χ0v) is 10.7. The van der Waals surface area contributed by atoms with Gasteiger partial charge in [-0.25, -0.2) is 4.79 Å². The van der Waals surface area contributed by atoms with Gasteiger partial charge in [-0.3, -0.25) is 4.98 Å². The minimum atomic E-state index is -0.506. The molecule has 0 saturated carbocycles. The Kier molecular flexibility index (Phi) is 2.72. The summed E-state index contributed by atoms with van der Waals surface area (Å²) in [7, 11) is 0. The Bertz CT molecular complexity index is 718. The van der Waals surface area contributed by atoms with Crippen LogP contribution in [0.25, 0.3) is 16.0 Å². The fourth-order valence-electron chi connectivity index (χ4n) is 1.83. The highest BCUT2D eigenvalue weighted by atomic mass is 32.1. The van der Waals surface area contributed by atoms with Gasteiger partial charge in [0.15, 0.2) is 0 Å². The quantitative estimate of drug-likeness (QED) is 0.636. The molecular weight excluding hydrogens is 264 g/mol. The molecule has 3 rings (SSSR count). The molecule has 0 saturated heterocycles. The number of thiophene rings is 1. The normalized spacial score (nSPS) is 14.1. The molecule has 0 spiro atoms. The van der Waals surface area contributed by atoms with Crippen LogP contribution >= 0.6 is 11.3 Å². The van der Waals surface area contributed by atoms with Gasteiger partial charge in [0.1, 0.15) is 5.57 Å². The minimum absolute atomic E-state index is 0.135. The van der Waals surface area contributed by atoms with Crippen LogP contribution in [0.5, 0.6) is 0 Å². The first-order chi connectivity index (χ1) is 9.19. The molecule has 3 heterocycles. The SMILES string of the molecule is Cc1cc(-c2ccc(C3=C(N=O)OC3=O)s2)ccn1. The van der Waals surface area contributed by atoms with Crippen molar-refractivity contribution < 1.29 is 9.53 Å². The number of ether oxygens (including phenoxy) is 1. The lowest BCUT2D eigenvalue weighted by Crippen LogP contribution is -2.18. The van der Waals surface area contributed by atoms with Crippen molar-refractivity contribution in [2.45, 2.75) is 6.92 Å². The fourth-order valence-corrected chi connectivity index (χ4v) is 2.85. The third kappa shape index (κ3) is 1.96. The maximum atomic E-state index is 11.3. The van der Waals surface area contributed by atoms with Crippen LogP contribution in [0.3, 0.4) is 0 Å². The van der Waals surface area contributed by atoms with Gasteiger partial charge >= 0.3 is 5.97 Å². The van der Waals surface area contributed by atoms with Crippen molar-refractivity contribution in [3.63, 3.8) is 0 Å². The van der Waals surface area contributed by atoms with E-state index in [-0.39, 0.29) is 11.5 Å². The molecule has 0 atom stereocenters. The van der Waals surface area contributed by atoms with Gasteiger partial charge in [0.2, 0.25) is 0 Å². The van der Waals surface area contributed by atoms with Crippen molar-refractivity contribution in [2.24, 2.45) is 5.18 Å². The number of carbonyl (C=O) groups excluding carboxylic acids is 1. The lowest BCUT2D eigenvalue weighted by atomic mass is 10.1. The predicted octanol–water partition coefficient (Wildman–Crippen LogP) is 3.11. The standard InChI is InChI=1S/C13H8N2O3S/c1-7-6-8(4-5-14-7)9-2-3-10(19-9)11-12(15-17)18-13(11)16/h2-6H,1H3. The zero-order chi connectivity index (χ0) is 13.4. The van der Waals surface area contributed by atoms with Crippen molar-refractivity contribution in [1.82, 2.24) is 4.98 Å². The highest BCUT2D eigenvalue weighted by Gasteiger charge is 2.33. The number of nitrogens with zero attached hydrogens (tertiary/aromatic N) is 2. The number of hydrogen-bond acceptors (Lipinski definition) is 6. The molecule has 2 aromatic heterocycles. The summed E-state index contributed by atoms with van der Waals surface area (Å²) in [5, 5.41) is 2.68. The Morgan fingerprint density at radius 1 is 1.26 bits per heavy atom. The Hall–Kier alpha value is -2.34. The van der Waals surface area contributed by atoms with Crippen LogP contribution in [0, 0.1) is 11.8 Å². The van der Waals surface area contributed by atoms with Crippen LogP contribution in [-0.4, -0.2) is 11.0 Å². The van der Waals surface area contributed by atoms with Gasteiger partial charge in [-0.15, -0.1) is 16.2 Å². The molecule has 1 aliphatic rings. The zero-order valence-electron chi connectivity index (χ0n) is 9.91. The topological polar surface area (TPSA) is 68.6 Å². The fraction of sp³-hybridized carbons (Fsp3) is 0.0769. The molecule has 0 unspecified atom stereocenters. The van der Waals surface area contributed by atoms with Crippen molar-refractivity contribution in [2.75, 3.05) is 0 Å². The number of rotatable bonds is 3. The Morgan fingerprint density at radius 3 is 2.74 bits per heavy atom. The van der Waals surface area contributed by atoms with Gasteiger partial charge in [-0.2, -0.15) is 0 Å². The molecule has 94 valence electrons. The van der Waals surface area contributed by atoms with Crippen LogP contribution < -0.4 is 0 Å². The molecule has 0 bridgehead atoms. The van der Waals surface area contributed by atoms with Gasteiger partial charge in [-0.1, -0.05) is 0 Å². The highest BCUT2D eigenvalue weighted by molar-refractivity contribution is 7.17. The van der Waals surface area contributed by atoms with Crippen LogP contribution in [-0.2, 0) is 9.53 Å². The Balaban J connectivity index is 2.01. The number of cyclic esters (lactones) is 1. The second kappa shape index (κ2) is 4.40. The number of nitroso groups, excluding NO2 is 1. The molecule has 0 amide bonds. The van der Waals surface area contributed by atoms with E-state index in [9.17, 15) is 9.70 Å². The summed E-state index contributed by atoms with van der Waals surface area (Å²) in [5.74, 6) is -0.641. The summed E-state index contributed by atoms with van der Waals surface area (Å²) in [4.78, 5) is 27.6. The summed E-state index contributed by atoms with van der Waals surface area (Å²) >= 11 is 1.42. The minimum Gasteiger partial charge on any atom is -0.399 e. The largest absolute Gasteiger partial charge is 0.399 e. The van der Waals surface area contributed by atoms with Crippen molar-refractivity contribution in [3.05, 3.63) is 51.8 Å². The first-order valence-electron chi connectivity index (χ1n) is 5.52. The van der Waals surface area contributed by atoms with E-state index in [0.29, 0.717) is 4.88 Å². The molecule has 0 N–H and O–H groups in total. The first-order valence-corrected chi connectivity index (χ1v) is 6.34. The molecule has 0 fully saturated rings. The number of carbonyl (C=O) groups is 1. The Morgan fingerprint density at radius 2 is 2.05 bits per heavy atom. The summed E-state index contributed by atoms with van der Waals surface area (Å²) in [6.07, 6.45) is 1.74. The van der Waals surface area contributed by atoms with E-state index in [4.69, 9.17) is 0 Å². The third-order valence-electron chi connectivity index (χ3n) is 2.72. The van der Waals surface area contributed by atoms with Crippen molar-refractivity contribution in [1.29, 1.82) is 0 Å². The smallest absolute Gasteiger partial charge is 0.352 e. The maximum absolute atomic E-state index is 11.3. The maximum Gasteiger partial charge on any atom is 0.352 e. The van der Waals surface area contributed by atoms with E-state index in [1.165, 1.54) is 11.3 Å². The molecule has 6 heteroatoms. The summed E-state index contributed by atoms with van der Waals surface area (Å²) in [6, 6.07) is 7.55. The molecule has 2 aromatic rings. The van der Waals surface area contributed by atoms with Gasteiger partial charge in [0, 0.05) is 26.8 Å². The summed E-state index contributed by atoms with van der Waals surface area (Å²) < 4.78 is 4.55. The molecule has 0 radical (unpaired) electrons. The molecule has 0 aliphatic carbocycles. The lowest BCUT2D eigenvalue weighted by Gasteiger charge is -2.14. The predicted molar refractivity (Wildman–Crippen MR) is 71.1 cm³/mol. The van der Waals surface area contributed by atoms with E-state index in [1.54, 1.807) is 12.3 Å². The van der Waals surface area contributed by atoms with Gasteiger partial charge in [0.05, 0.1) is 0 Å². The second-order valence-electron chi connectivity index (χ2n) is 4.01. The van der Waals surface area contributed by atoms with E-state index >= 15 is 0 Å². The molecule has 1 aliphatic heterocycles. The molecular formula is C13H8N2O3S. The second-order valence-corrected chi connectivity index (χ2v) is 5.09. The van der Waals surface area contributed by atoms with Crippen molar-refractivity contribution in [3.8, 4) is 10.4 Å².